The summed E-state index contributed by atoms with van der Waals surface area (Å²) < 4.78 is 17.8. The van der Waals surface area contributed by atoms with Crippen LogP contribution in [0.4, 0.5) is 4.39 Å². The number of alkyl halides is 1. The van der Waals surface area contributed by atoms with Gasteiger partial charge in [0.05, 0.1) is 7.11 Å². The first kappa shape index (κ1) is 11.0. The number of aliphatic hydroxyl groups excluding tert-OH is 1. The molecule has 1 aromatic rings. The molecule has 0 spiro atoms. The van der Waals surface area contributed by atoms with Crippen molar-refractivity contribution in [1.29, 1.82) is 0 Å². The molecule has 1 N–H and O–H groups in total. The minimum absolute atomic E-state index is 0.128. The monoisotopic (exact) mass is 198 g/mol. The molecule has 0 saturated heterocycles. The van der Waals surface area contributed by atoms with E-state index in [1.807, 2.05) is 12.1 Å². The van der Waals surface area contributed by atoms with Gasteiger partial charge in [-0.3, -0.25) is 0 Å². The van der Waals surface area contributed by atoms with Crippen molar-refractivity contribution in [3.8, 4) is 5.75 Å². The molecule has 0 radical (unpaired) electrons. The molecule has 0 heterocycles. The molecule has 14 heavy (non-hydrogen) atoms. The summed E-state index contributed by atoms with van der Waals surface area (Å²) in [6.45, 7) is -0.395. The molecular formula is C11H15FO2. The maximum atomic E-state index is 12.7. The second-order valence-corrected chi connectivity index (χ2v) is 3.06. The number of aliphatic hydroxyl groups is 1. The number of benzene rings is 1. The third-order valence-corrected chi connectivity index (χ3v) is 2.19. The van der Waals surface area contributed by atoms with Gasteiger partial charge in [0.1, 0.15) is 12.4 Å². The Morgan fingerprint density at radius 1 is 1.43 bits per heavy atom. The predicted octanol–water partition coefficient (Wildman–Crippen LogP) is 2.09. The van der Waals surface area contributed by atoms with Gasteiger partial charge in [-0.05, 0) is 24.5 Å². The van der Waals surface area contributed by atoms with E-state index in [0.29, 0.717) is 24.2 Å². The van der Waals surface area contributed by atoms with Crippen LogP contribution in [0.5, 0.6) is 5.75 Å². The van der Waals surface area contributed by atoms with Gasteiger partial charge in [-0.25, -0.2) is 4.39 Å². The van der Waals surface area contributed by atoms with Gasteiger partial charge in [0, 0.05) is 12.2 Å². The van der Waals surface area contributed by atoms with E-state index in [9.17, 15) is 4.39 Å². The molecule has 1 rings (SSSR count). The van der Waals surface area contributed by atoms with Crippen molar-refractivity contribution < 1.29 is 14.2 Å². The van der Waals surface area contributed by atoms with Crippen LogP contribution in [0.25, 0.3) is 0 Å². The van der Waals surface area contributed by atoms with E-state index in [4.69, 9.17) is 9.84 Å². The molecule has 0 bridgehead atoms. The second kappa shape index (κ2) is 5.60. The fourth-order valence-corrected chi connectivity index (χ4v) is 1.46. The van der Waals surface area contributed by atoms with Crippen LogP contribution in [0.3, 0.4) is 0 Å². The summed E-state index contributed by atoms with van der Waals surface area (Å²) in [5, 5.41) is 8.69. The molecule has 0 atom stereocenters. The van der Waals surface area contributed by atoms with Crippen LogP contribution in [-0.2, 0) is 13.1 Å². The van der Waals surface area contributed by atoms with Crippen LogP contribution in [0, 0.1) is 0 Å². The Kier molecular flexibility index (Phi) is 4.40. The molecule has 0 aliphatic rings. The quantitative estimate of drug-likeness (QED) is 0.785. The Morgan fingerprint density at radius 3 is 2.79 bits per heavy atom. The zero-order valence-electron chi connectivity index (χ0n) is 8.29. The lowest BCUT2D eigenvalue weighted by Gasteiger charge is -2.10. The van der Waals surface area contributed by atoms with Gasteiger partial charge >= 0.3 is 0 Å². The lowest BCUT2D eigenvalue weighted by Crippen LogP contribution is -1.98. The van der Waals surface area contributed by atoms with Crippen LogP contribution < -0.4 is 4.74 Å². The average Bonchev–Trinajstić information content (AvgIpc) is 2.25. The van der Waals surface area contributed by atoms with Crippen LogP contribution in [-0.4, -0.2) is 18.8 Å². The molecule has 0 saturated carbocycles. The van der Waals surface area contributed by atoms with E-state index >= 15 is 0 Å². The molecular weight excluding hydrogens is 183 g/mol. The Morgan fingerprint density at radius 2 is 2.21 bits per heavy atom. The molecule has 0 unspecified atom stereocenters. The van der Waals surface area contributed by atoms with Crippen LogP contribution >= 0.6 is 0 Å². The lowest BCUT2D eigenvalue weighted by atomic mass is 10.0. The van der Waals surface area contributed by atoms with Crippen molar-refractivity contribution in [2.24, 2.45) is 0 Å². The first-order valence-corrected chi connectivity index (χ1v) is 4.65. The highest BCUT2D eigenvalue weighted by atomic mass is 19.1. The van der Waals surface area contributed by atoms with E-state index in [-0.39, 0.29) is 6.61 Å². The van der Waals surface area contributed by atoms with E-state index in [1.54, 1.807) is 6.07 Å². The number of hydrogen-bond acceptors (Lipinski definition) is 2. The van der Waals surface area contributed by atoms with E-state index < -0.39 is 6.67 Å². The third kappa shape index (κ3) is 2.45. The summed E-state index contributed by atoms with van der Waals surface area (Å²) >= 11 is 0. The van der Waals surface area contributed by atoms with E-state index in [0.717, 1.165) is 5.56 Å². The normalized spacial score (nSPS) is 10.2. The van der Waals surface area contributed by atoms with Gasteiger partial charge in [0.25, 0.3) is 0 Å². The first-order chi connectivity index (χ1) is 6.83. The fraction of sp³-hybridized carbons (Fsp3) is 0.455. The highest BCUT2D eigenvalue weighted by Crippen LogP contribution is 2.24. The number of ether oxygens (including phenoxy) is 1. The summed E-state index contributed by atoms with van der Waals surface area (Å²) in [5.41, 5.74) is 1.52. The van der Waals surface area contributed by atoms with Crippen molar-refractivity contribution in [3.05, 3.63) is 29.3 Å². The Bertz CT molecular complexity index is 287. The molecule has 1 aromatic carbocycles. The number of halogens is 1. The average molecular weight is 198 g/mol. The fourth-order valence-electron chi connectivity index (χ4n) is 1.46. The zero-order chi connectivity index (χ0) is 10.4. The molecule has 0 aliphatic carbocycles. The number of methoxy groups -OCH3 is 1. The van der Waals surface area contributed by atoms with Gasteiger partial charge in [-0.15, -0.1) is 0 Å². The van der Waals surface area contributed by atoms with Crippen LogP contribution in [0.15, 0.2) is 18.2 Å². The Balaban J connectivity index is 2.90. The van der Waals surface area contributed by atoms with Crippen molar-refractivity contribution in [1.82, 2.24) is 0 Å². The van der Waals surface area contributed by atoms with E-state index in [1.165, 1.54) is 7.11 Å². The highest BCUT2D eigenvalue weighted by molar-refractivity contribution is 5.39. The number of rotatable bonds is 5. The van der Waals surface area contributed by atoms with E-state index in [2.05, 4.69) is 0 Å². The summed E-state index contributed by atoms with van der Waals surface area (Å²) in [5.74, 6) is 0.586. The highest BCUT2D eigenvalue weighted by Gasteiger charge is 2.07. The number of aryl methyl sites for hydroxylation is 1. The molecule has 3 heteroatoms. The first-order valence-electron chi connectivity index (χ1n) is 4.65. The molecule has 0 aromatic heterocycles. The summed E-state index contributed by atoms with van der Waals surface area (Å²) in [4.78, 5) is 0. The largest absolute Gasteiger partial charge is 0.496 e. The van der Waals surface area contributed by atoms with Crippen LogP contribution in [0.1, 0.15) is 17.5 Å². The standard InChI is InChI=1S/C11H15FO2/c1-14-11-6-2-4-9(5-3-7-13)10(11)8-12/h2,4,6,13H,3,5,7-8H2,1H3. The third-order valence-electron chi connectivity index (χ3n) is 2.19. The van der Waals surface area contributed by atoms with Crippen molar-refractivity contribution in [3.63, 3.8) is 0 Å². The molecule has 78 valence electrons. The van der Waals surface area contributed by atoms with Crippen LogP contribution in [0.2, 0.25) is 0 Å². The second-order valence-electron chi connectivity index (χ2n) is 3.06. The maximum Gasteiger partial charge on any atom is 0.124 e. The predicted molar refractivity (Wildman–Crippen MR) is 53.2 cm³/mol. The lowest BCUT2D eigenvalue weighted by molar-refractivity contribution is 0.288. The topological polar surface area (TPSA) is 29.5 Å². The van der Waals surface area contributed by atoms with Gasteiger partial charge in [-0.1, -0.05) is 12.1 Å². The zero-order valence-corrected chi connectivity index (χ0v) is 8.29. The van der Waals surface area contributed by atoms with Gasteiger partial charge in [0.2, 0.25) is 0 Å². The minimum Gasteiger partial charge on any atom is -0.496 e. The minimum atomic E-state index is -0.523. The summed E-state index contributed by atoms with van der Waals surface area (Å²) in [7, 11) is 1.53. The maximum absolute atomic E-state index is 12.7. The number of hydrogen-bond donors (Lipinski definition) is 1. The van der Waals surface area contributed by atoms with Crippen molar-refractivity contribution in [2.75, 3.05) is 13.7 Å². The SMILES string of the molecule is COc1cccc(CCCO)c1CF. The smallest absolute Gasteiger partial charge is 0.124 e. The molecule has 0 fully saturated rings. The van der Waals surface area contributed by atoms with Crippen molar-refractivity contribution in [2.45, 2.75) is 19.5 Å². The summed E-state index contributed by atoms with van der Waals surface area (Å²) in [6, 6.07) is 5.45. The Labute approximate surface area is 83.3 Å². The Hall–Kier alpha value is -1.09. The molecule has 0 aliphatic heterocycles. The van der Waals surface area contributed by atoms with Gasteiger partial charge in [0.15, 0.2) is 0 Å². The molecule has 2 nitrogen and oxygen atoms in total. The van der Waals surface area contributed by atoms with Gasteiger partial charge < -0.3 is 9.84 Å². The molecule has 0 amide bonds. The van der Waals surface area contributed by atoms with Gasteiger partial charge in [-0.2, -0.15) is 0 Å². The summed E-state index contributed by atoms with van der Waals surface area (Å²) in [6.07, 6.45) is 1.34. The van der Waals surface area contributed by atoms with Crippen molar-refractivity contribution >= 4 is 0 Å².